The zero-order valence-electron chi connectivity index (χ0n) is 18.2. The quantitative estimate of drug-likeness (QED) is 0.437. The van der Waals surface area contributed by atoms with Crippen molar-refractivity contribution in [2.45, 2.75) is 23.6 Å². The number of sulfonamides is 1. The molecule has 1 heterocycles. The first-order valence-electron chi connectivity index (χ1n) is 9.77. The average molecular weight is 490 g/mol. The maximum atomic E-state index is 12.3. The molecule has 0 saturated carbocycles. The molecule has 0 spiro atoms. The Labute approximate surface area is 195 Å². The van der Waals surface area contributed by atoms with Gasteiger partial charge in [-0.15, -0.1) is 10.2 Å². The summed E-state index contributed by atoms with van der Waals surface area (Å²) in [4.78, 5) is 24.5. The van der Waals surface area contributed by atoms with Crippen molar-refractivity contribution in [3.05, 3.63) is 65.5 Å². The predicted molar refractivity (Wildman–Crippen MR) is 123 cm³/mol. The van der Waals surface area contributed by atoms with Crippen molar-refractivity contribution in [3.8, 4) is 0 Å². The van der Waals surface area contributed by atoms with Crippen LogP contribution in [0.1, 0.15) is 21.8 Å². The van der Waals surface area contributed by atoms with Crippen LogP contribution in [0.15, 0.2) is 63.1 Å². The summed E-state index contributed by atoms with van der Waals surface area (Å²) < 4.78 is 30.7. The maximum absolute atomic E-state index is 12.3. The fourth-order valence-corrected chi connectivity index (χ4v) is 4.06. The van der Waals surface area contributed by atoms with Gasteiger partial charge in [0, 0.05) is 25.3 Å². The zero-order chi connectivity index (χ0) is 24.0. The van der Waals surface area contributed by atoms with E-state index in [-0.39, 0.29) is 39.8 Å². The number of hydrogen-bond acceptors (Lipinski definition) is 8. The van der Waals surface area contributed by atoms with Crippen LogP contribution in [0.25, 0.3) is 0 Å². The van der Waals surface area contributed by atoms with Gasteiger partial charge in [-0.25, -0.2) is 12.7 Å². The van der Waals surface area contributed by atoms with Crippen LogP contribution >= 0.6 is 11.8 Å². The Morgan fingerprint density at radius 1 is 1.03 bits per heavy atom. The second kappa shape index (κ2) is 10.6. The van der Waals surface area contributed by atoms with Gasteiger partial charge in [0.15, 0.2) is 0 Å². The molecular weight excluding hydrogens is 466 g/mol. The van der Waals surface area contributed by atoms with Crippen LogP contribution in [-0.2, 0) is 21.4 Å². The number of thioether (sulfide) groups is 1. The van der Waals surface area contributed by atoms with E-state index in [0.29, 0.717) is 5.69 Å². The Morgan fingerprint density at radius 3 is 2.33 bits per heavy atom. The molecule has 0 radical (unpaired) electrons. The lowest BCUT2D eigenvalue weighted by molar-refractivity contribution is -0.113. The first-order chi connectivity index (χ1) is 15.6. The zero-order valence-corrected chi connectivity index (χ0v) is 19.9. The molecule has 33 heavy (non-hydrogen) atoms. The molecule has 3 rings (SSSR count). The van der Waals surface area contributed by atoms with E-state index in [1.54, 1.807) is 0 Å². The molecule has 1 aromatic heterocycles. The molecular formula is C21H23N5O5S2. The van der Waals surface area contributed by atoms with Gasteiger partial charge >= 0.3 is 0 Å². The Balaban J connectivity index is 1.48. The van der Waals surface area contributed by atoms with Crippen LogP contribution in [0.3, 0.4) is 0 Å². The monoisotopic (exact) mass is 489 g/mol. The van der Waals surface area contributed by atoms with Crippen molar-refractivity contribution in [2.75, 3.05) is 25.2 Å². The minimum absolute atomic E-state index is 0.0142. The smallest absolute Gasteiger partial charge is 0.277 e. The largest absolute Gasteiger partial charge is 0.414 e. The highest BCUT2D eigenvalue weighted by atomic mass is 32.2. The molecule has 2 N–H and O–H groups in total. The van der Waals surface area contributed by atoms with Gasteiger partial charge in [-0.05, 0) is 43.3 Å². The van der Waals surface area contributed by atoms with E-state index in [2.05, 4.69) is 20.8 Å². The number of carbonyl (C=O) groups is 2. The number of aryl methyl sites for hydroxylation is 1. The Kier molecular flexibility index (Phi) is 7.84. The minimum Gasteiger partial charge on any atom is -0.414 e. The van der Waals surface area contributed by atoms with E-state index in [1.807, 2.05) is 31.2 Å². The molecule has 0 aliphatic heterocycles. The number of hydrogen-bond donors (Lipinski definition) is 2. The number of nitrogens with one attached hydrogen (secondary N) is 2. The van der Waals surface area contributed by atoms with Crippen LogP contribution in [0, 0.1) is 6.92 Å². The number of anilines is 1. The molecule has 0 atom stereocenters. The molecule has 12 heteroatoms. The number of amides is 2. The molecule has 2 amide bonds. The summed E-state index contributed by atoms with van der Waals surface area (Å²) >= 11 is 1.08. The van der Waals surface area contributed by atoms with Crippen LogP contribution in [0.2, 0.25) is 0 Å². The lowest BCUT2D eigenvalue weighted by Crippen LogP contribution is -2.24. The van der Waals surface area contributed by atoms with E-state index >= 15 is 0 Å². The number of nitrogens with zero attached hydrogens (tertiary/aromatic N) is 3. The summed E-state index contributed by atoms with van der Waals surface area (Å²) in [5.74, 6) is -0.369. The molecule has 0 saturated heterocycles. The highest BCUT2D eigenvalue weighted by molar-refractivity contribution is 7.99. The van der Waals surface area contributed by atoms with Crippen LogP contribution in [0.5, 0.6) is 0 Å². The van der Waals surface area contributed by atoms with Gasteiger partial charge in [-0.3, -0.25) is 9.59 Å². The van der Waals surface area contributed by atoms with E-state index in [9.17, 15) is 18.0 Å². The van der Waals surface area contributed by atoms with Crippen molar-refractivity contribution in [1.29, 1.82) is 0 Å². The highest BCUT2D eigenvalue weighted by Gasteiger charge is 2.18. The van der Waals surface area contributed by atoms with Crippen LogP contribution in [-0.4, -0.2) is 54.6 Å². The van der Waals surface area contributed by atoms with E-state index in [4.69, 9.17) is 4.42 Å². The number of benzene rings is 2. The first kappa shape index (κ1) is 24.4. The summed E-state index contributed by atoms with van der Waals surface area (Å²) in [6.07, 6.45) is 0. The lowest BCUT2D eigenvalue weighted by Gasteiger charge is -2.11. The third kappa shape index (κ3) is 6.63. The average Bonchev–Trinajstić information content (AvgIpc) is 3.25. The van der Waals surface area contributed by atoms with Gasteiger partial charge in [0.2, 0.25) is 21.8 Å². The summed E-state index contributed by atoms with van der Waals surface area (Å²) in [5.41, 5.74) is 2.09. The molecule has 0 fully saturated rings. The normalized spacial score (nSPS) is 11.4. The van der Waals surface area contributed by atoms with Gasteiger partial charge in [0.1, 0.15) is 0 Å². The summed E-state index contributed by atoms with van der Waals surface area (Å²) in [6.45, 7) is 1.95. The van der Waals surface area contributed by atoms with Crippen molar-refractivity contribution in [1.82, 2.24) is 19.8 Å². The molecule has 2 aromatic carbocycles. The van der Waals surface area contributed by atoms with E-state index < -0.39 is 15.9 Å². The molecule has 0 aliphatic rings. The summed E-state index contributed by atoms with van der Waals surface area (Å²) in [5, 5.41) is 13.3. The fourth-order valence-electron chi connectivity index (χ4n) is 2.58. The number of aromatic nitrogens is 2. The van der Waals surface area contributed by atoms with Gasteiger partial charge in [0.05, 0.1) is 17.2 Å². The molecule has 0 bridgehead atoms. The first-order valence-corrected chi connectivity index (χ1v) is 12.2. The number of carbonyl (C=O) groups excluding carboxylic acids is 2. The van der Waals surface area contributed by atoms with Gasteiger partial charge in [-0.2, -0.15) is 0 Å². The molecule has 0 unspecified atom stereocenters. The van der Waals surface area contributed by atoms with Crippen molar-refractivity contribution < 1.29 is 22.4 Å². The third-order valence-electron chi connectivity index (χ3n) is 4.41. The Hall–Kier alpha value is -3.22. The molecule has 0 aliphatic carbocycles. The van der Waals surface area contributed by atoms with Crippen molar-refractivity contribution in [2.24, 2.45) is 0 Å². The second-order valence-corrected chi connectivity index (χ2v) is 10.2. The lowest BCUT2D eigenvalue weighted by atomic mass is 10.2. The van der Waals surface area contributed by atoms with Crippen molar-refractivity contribution >= 4 is 39.3 Å². The second-order valence-electron chi connectivity index (χ2n) is 7.16. The van der Waals surface area contributed by atoms with Gasteiger partial charge in [0.25, 0.3) is 11.1 Å². The summed E-state index contributed by atoms with van der Waals surface area (Å²) in [7, 11) is -0.698. The standard InChI is InChI=1S/C21H23N5O5S2/c1-14-4-8-16(9-5-14)23-18(27)13-32-21-25-24-19(31-21)12-22-20(28)15-6-10-17(11-7-15)33(29,30)26(2)3/h4-11H,12-13H2,1-3H3,(H,22,28)(H,23,27). The topological polar surface area (TPSA) is 134 Å². The highest BCUT2D eigenvalue weighted by Crippen LogP contribution is 2.17. The van der Waals surface area contributed by atoms with E-state index in [1.165, 1.54) is 38.4 Å². The van der Waals surface area contributed by atoms with Crippen LogP contribution < -0.4 is 10.6 Å². The Morgan fingerprint density at radius 2 is 1.70 bits per heavy atom. The summed E-state index contributed by atoms with van der Waals surface area (Å²) in [6, 6.07) is 13.0. The third-order valence-corrected chi connectivity index (χ3v) is 7.05. The fraction of sp³-hybridized carbons (Fsp3) is 0.238. The maximum Gasteiger partial charge on any atom is 0.277 e. The van der Waals surface area contributed by atoms with Crippen molar-refractivity contribution in [3.63, 3.8) is 0 Å². The molecule has 3 aromatic rings. The molecule has 10 nitrogen and oxygen atoms in total. The number of rotatable bonds is 9. The minimum atomic E-state index is -3.57. The Bertz CT molecular complexity index is 1220. The van der Waals surface area contributed by atoms with Gasteiger partial charge in [-0.1, -0.05) is 29.5 Å². The van der Waals surface area contributed by atoms with Crippen LogP contribution in [0.4, 0.5) is 5.69 Å². The predicted octanol–water partition coefficient (Wildman–Crippen LogP) is 2.29. The van der Waals surface area contributed by atoms with E-state index in [0.717, 1.165) is 21.6 Å². The molecule has 174 valence electrons. The van der Waals surface area contributed by atoms with Gasteiger partial charge < -0.3 is 15.1 Å². The SMILES string of the molecule is Cc1ccc(NC(=O)CSc2nnc(CNC(=O)c3ccc(S(=O)(=O)N(C)C)cc3)o2)cc1.